The van der Waals surface area contributed by atoms with Gasteiger partial charge in [0.15, 0.2) is 0 Å². The summed E-state index contributed by atoms with van der Waals surface area (Å²) in [6.07, 6.45) is 0.752. The zero-order valence-electron chi connectivity index (χ0n) is 10.3. The maximum Gasteiger partial charge on any atom is 0.246 e. The van der Waals surface area contributed by atoms with Crippen molar-refractivity contribution in [2.45, 2.75) is 19.4 Å². The normalized spacial score (nSPS) is 17.6. The lowest BCUT2D eigenvalue weighted by atomic mass is 10.1. The van der Waals surface area contributed by atoms with Crippen LogP contribution in [-0.2, 0) is 16.0 Å². The molecule has 1 heterocycles. The quantitative estimate of drug-likeness (QED) is 0.792. The van der Waals surface area contributed by atoms with E-state index in [1.807, 2.05) is 31.2 Å². The molecule has 1 saturated heterocycles. The first-order valence-electron chi connectivity index (χ1n) is 5.98. The van der Waals surface area contributed by atoms with Crippen LogP contribution in [0.5, 0.6) is 0 Å². The van der Waals surface area contributed by atoms with Crippen molar-refractivity contribution in [2.75, 3.05) is 18.0 Å². The van der Waals surface area contributed by atoms with Gasteiger partial charge in [-0.15, -0.1) is 0 Å². The third kappa shape index (κ3) is 2.87. The van der Waals surface area contributed by atoms with Gasteiger partial charge in [0.25, 0.3) is 0 Å². The minimum atomic E-state index is -0.132. The number of anilines is 1. The second-order valence-electron chi connectivity index (χ2n) is 4.61. The van der Waals surface area contributed by atoms with Gasteiger partial charge in [0.1, 0.15) is 6.54 Å². The van der Waals surface area contributed by atoms with E-state index in [1.165, 1.54) is 4.90 Å². The monoisotopic (exact) mass is 247 g/mol. The Morgan fingerprint density at radius 3 is 2.94 bits per heavy atom. The molecule has 3 N–H and O–H groups in total. The minimum Gasteiger partial charge on any atom is -0.345 e. The van der Waals surface area contributed by atoms with Crippen molar-refractivity contribution in [3.05, 3.63) is 29.8 Å². The molecule has 96 valence electrons. The highest BCUT2D eigenvalue weighted by molar-refractivity contribution is 6.04. The standard InChI is InChI=1S/C13H17N3O2/c1-9(14)5-10-3-2-4-11(6-10)16-8-12(17)15-7-13(16)18/h2-4,6,9H,5,7-8,14H2,1H3,(H,15,17). The first kappa shape index (κ1) is 12.6. The summed E-state index contributed by atoms with van der Waals surface area (Å²) in [6, 6.07) is 7.68. The van der Waals surface area contributed by atoms with E-state index in [9.17, 15) is 9.59 Å². The van der Waals surface area contributed by atoms with E-state index in [-0.39, 0.29) is 30.9 Å². The number of rotatable bonds is 3. The Kier molecular flexibility index (Phi) is 3.62. The number of nitrogens with one attached hydrogen (secondary N) is 1. The maximum absolute atomic E-state index is 11.8. The van der Waals surface area contributed by atoms with Crippen LogP contribution in [-0.4, -0.2) is 30.9 Å². The lowest BCUT2D eigenvalue weighted by molar-refractivity contribution is -0.128. The van der Waals surface area contributed by atoms with Gasteiger partial charge in [-0.2, -0.15) is 0 Å². The molecule has 5 nitrogen and oxygen atoms in total. The molecule has 2 rings (SSSR count). The summed E-state index contributed by atoms with van der Waals surface area (Å²) < 4.78 is 0. The number of hydrogen-bond acceptors (Lipinski definition) is 3. The molecule has 1 aromatic rings. The van der Waals surface area contributed by atoms with Crippen LogP contribution in [0.3, 0.4) is 0 Å². The summed E-state index contributed by atoms with van der Waals surface area (Å²) in [5, 5.41) is 2.53. The zero-order chi connectivity index (χ0) is 13.1. The first-order valence-corrected chi connectivity index (χ1v) is 5.98. The van der Waals surface area contributed by atoms with Crippen molar-refractivity contribution >= 4 is 17.5 Å². The first-order chi connectivity index (χ1) is 8.56. The third-order valence-electron chi connectivity index (χ3n) is 2.82. The number of hydrogen-bond donors (Lipinski definition) is 2. The third-order valence-corrected chi connectivity index (χ3v) is 2.82. The molecule has 1 fully saturated rings. The van der Waals surface area contributed by atoms with Gasteiger partial charge in [0, 0.05) is 11.7 Å². The summed E-state index contributed by atoms with van der Waals surface area (Å²) in [4.78, 5) is 24.6. The summed E-state index contributed by atoms with van der Waals surface area (Å²) in [5.74, 6) is -0.222. The predicted molar refractivity (Wildman–Crippen MR) is 69.2 cm³/mol. The highest BCUT2D eigenvalue weighted by Gasteiger charge is 2.24. The van der Waals surface area contributed by atoms with E-state index in [4.69, 9.17) is 5.73 Å². The topological polar surface area (TPSA) is 75.4 Å². The van der Waals surface area contributed by atoms with E-state index in [0.29, 0.717) is 0 Å². The average molecular weight is 247 g/mol. The largest absolute Gasteiger partial charge is 0.345 e. The summed E-state index contributed by atoms with van der Waals surface area (Å²) in [7, 11) is 0. The number of nitrogens with two attached hydrogens (primary N) is 1. The van der Waals surface area contributed by atoms with Gasteiger partial charge in [-0.25, -0.2) is 0 Å². The number of benzene rings is 1. The fourth-order valence-electron chi connectivity index (χ4n) is 2.02. The lowest BCUT2D eigenvalue weighted by Gasteiger charge is -2.27. The predicted octanol–water partition coefficient (Wildman–Crippen LogP) is 0.0391. The van der Waals surface area contributed by atoms with E-state index < -0.39 is 0 Å². The Morgan fingerprint density at radius 2 is 2.22 bits per heavy atom. The van der Waals surface area contributed by atoms with Crippen molar-refractivity contribution in [1.82, 2.24) is 5.32 Å². The van der Waals surface area contributed by atoms with Gasteiger partial charge in [0.2, 0.25) is 11.8 Å². The van der Waals surface area contributed by atoms with Gasteiger partial charge in [0.05, 0.1) is 6.54 Å². The number of piperazine rings is 1. The molecular weight excluding hydrogens is 230 g/mol. The van der Waals surface area contributed by atoms with E-state index in [1.54, 1.807) is 0 Å². The Balaban J connectivity index is 2.21. The Morgan fingerprint density at radius 1 is 1.44 bits per heavy atom. The summed E-state index contributed by atoms with van der Waals surface area (Å²) in [6.45, 7) is 2.09. The number of amides is 2. The second-order valence-corrected chi connectivity index (χ2v) is 4.61. The van der Waals surface area contributed by atoms with Gasteiger partial charge in [-0.05, 0) is 31.0 Å². The minimum absolute atomic E-state index is 0.0658. The van der Waals surface area contributed by atoms with Crippen molar-refractivity contribution in [3.63, 3.8) is 0 Å². The molecule has 1 unspecified atom stereocenters. The molecule has 2 amide bonds. The van der Waals surface area contributed by atoms with Gasteiger partial charge >= 0.3 is 0 Å². The van der Waals surface area contributed by atoms with Crippen molar-refractivity contribution in [3.8, 4) is 0 Å². The van der Waals surface area contributed by atoms with Gasteiger partial charge in [-0.3, -0.25) is 9.59 Å². The Labute approximate surface area is 106 Å². The SMILES string of the molecule is CC(N)Cc1cccc(N2CC(=O)NCC2=O)c1. The molecule has 0 aliphatic carbocycles. The molecule has 1 atom stereocenters. The molecule has 1 aromatic carbocycles. The average Bonchev–Trinajstić information content (AvgIpc) is 2.32. The van der Waals surface area contributed by atoms with Gasteiger partial charge in [-0.1, -0.05) is 12.1 Å². The zero-order valence-corrected chi connectivity index (χ0v) is 10.3. The fraction of sp³-hybridized carbons (Fsp3) is 0.385. The molecule has 0 aromatic heterocycles. The van der Waals surface area contributed by atoms with E-state index in [2.05, 4.69) is 5.32 Å². The van der Waals surface area contributed by atoms with Crippen molar-refractivity contribution in [2.24, 2.45) is 5.73 Å². The van der Waals surface area contributed by atoms with E-state index >= 15 is 0 Å². The highest BCUT2D eigenvalue weighted by Crippen LogP contribution is 2.18. The second kappa shape index (κ2) is 5.18. The van der Waals surface area contributed by atoms with E-state index in [0.717, 1.165) is 17.7 Å². The van der Waals surface area contributed by atoms with Crippen molar-refractivity contribution in [1.29, 1.82) is 0 Å². The molecule has 0 spiro atoms. The highest BCUT2D eigenvalue weighted by atomic mass is 16.2. The fourth-order valence-corrected chi connectivity index (χ4v) is 2.02. The van der Waals surface area contributed by atoms with Crippen molar-refractivity contribution < 1.29 is 9.59 Å². The number of carbonyl (C=O) groups is 2. The Bertz CT molecular complexity index is 471. The van der Waals surface area contributed by atoms with Crippen LogP contribution in [0.1, 0.15) is 12.5 Å². The van der Waals surface area contributed by atoms with Crippen LogP contribution in [0.15, 0.2) is 24.3 Å². The lowest BCUT2D eigenvalue weighted by Crippen LogP contribution is -2.51. The summed E-state index contributed by atoms with van der Waals surface area (Å²) >= 11 is 0. The summed E-state index contributed by atoms with van der Waals surface area (Å²) in [5.41, 5.74) is 7.59. The van der Waals surface area contributed by atoms with Crippen LogP contribution < -0.4 is 16.0 Å². The number of nitrogens with zero attached hydrogens (tertiary/aromatic N) is 1. The van der Waals surface area contributed by atoms with Crippen LogP contribution in [0.4, 0.5) is 5.69 Å². The molecule has 5 heteroatoms. The van der Waals surface area contributed by atoms with Crippen LogP contribution in [0.2, 0.25) is 0 Å². The number of carbonyl (C=O) groups excluding carboxylic acids is 2. The molecule has 0 saturated carbocycles. The molecule has 1 aliphatic rings. The van der Waals surface area contributed by atoms with Crippen LogP contribution in [0.25, 0.3) is 0 Å². The van der Waals surface area contributed by atoms with Gasteiger partial charge < -0.3 is 16.0 Å². The maximum atomic E-state index is 11.8. The molecule has 1 aliphatic heterocycles. The molecule has 18 heavy (non-hydrogen) atoms. The van der Waals surface area contributed by atoms with Crippen LogP contribution >= 0.6 is 0 Å². The molecule has 0 radical (unpaired) electrons. The molecular formula is C13H17N3O2. The van der Waals surface area contributed by atoms with Crippen LogP contribution in [0, 0.1) is 0 Å². The Hall–Kier alpha value is -1.88. The molecule has 0 bridgehead atoms. The smallest absolute Gasteiger partial charge is 0.246 e.